The first kappa shape index (κ1) is 24.9. The van der Waals surface area contributed by atoms with Crippen molar-refractivity contribution in [2.24, 2.45) is 4.99 Å². The summed E-state index contributed by atoms with van der Waals surface area (Å²) in [7, 11) is 0. The van der Waals surface area contributed by atoms with Crippen LogP contribution >= 0.6 is 50.5 Å². The van der Waals surface area contributed by atoms with Gasteiger partial charge in [-0.3, -0.25) is 4.99 Å². The van der Waals surface area contributed by atoms with Crippen LogP contribution in [0, 0.1) is 0 Å². The van der Waals surface area contributed by atoms with Gasteiger partial charge in [-0.1, -0.05) is 57.3 Å². The number of benzene rings is 4. The van der Waals surface area contributed by atoms with Gasteiger partial charge in [-0.15, -0.1) is 11.3 Å². The van der Waals surface area contributed by atoms with Gasteiger partial charge < -0.3 is 9.80 Å². The van der Waals surface area contributed by atoms with Crippen LogP contribution in [0.5, 0.6) is 0 Å². The first-order chi connectivity index (χ1) is 19.0. The Kier molecular flexibility index (Phi) is 6.44. The summed E-state index contributed by atoms with van der Waals surface area (Å²) in [5.41, 5.74) is 9.18. The van der Waals surface area contributed by atoms with Crippen LogP contribution in [0.1, 0.15) is 27.3 Å². The molecule has 4 nitrogen and oxygen atoms in total. The van der Waals surface area contributed by atoms with Crippen LogP contribution in [-0.2, 0) is 13.1 Å². The van der Waals surface area contributed by atoms with Crippen LogP contribution in [-0.4, -0.2) is 17.9 Å². The number of aliphatic imine (C=N–C) groups is 1. The van der Waals surface area contributed by atoms with Crippen LogP contribution in [0.25, 0.3) is 22.4 Å². The van der Waals surface area contributed by atoms with Crippen LogP contribution in [0.15, 0.2) is 82.3 Å². The van der Waals surface area contributed by atoms with Crippen LogP contribution in [0.3, 0.4) is 0 Å². The monoisotopic (exact) mass is 630 g/mol. The highest BCUT2D eigenvalue weighted by molar-refractivity contribution is 9.10. The summed E-state index contributed by atoms with van der Waals surface area (Å²) in [4.78, 5) is 14.4. The molecule has 0 fully saturated rings. The predicted molar refractivity (Wildman–Crippen MR) is 170 cm³/mol. The van der Waals surface area contributed by atoms with Gasteiger partial charge in [0.25, 0.3) is 0 Å². The molecule has 0 atom stereocenters. The lowest BCUT2D eigenvalue weighted by Crippen LogP contribution is -2.46. The van der Waals surface area contributed by atoms with E-state index in [9.17, 15) is 0 Å². The van der Waals surface area contributed by atoms with E-state index < -0.39 is 0 Å². The van der Waals surface area contributed by atoms with Crippen molar-refractivity contribution in [1.29, 1.82) is 0 Å². The fraction of sp³-hybridized carbons (Fsp3) is 0.0968. The summed E-state index contributed by atoms with van der Waals surface area (Å²) in [6, 6.07) is 24.8. The third-order valence-corrected chi connectivity index (χ3v) is 9.05. The molecule has 3 heterocycles. The second-order valence-corrected chi connectivity index (χ2v) is 12.5. The van der Waals surface area contributed by atoms with E-state index >= 15 is 0 Å². The maximum absolute atomic E-state index is 6.29. The Hall–Kier alpha value is -3.16. The molecule has 5 aromatic rings. The molecule has 0 amide bonds. The van der Waals surface area contributed by atoms with Crippen LogP contribution in [0.4, 0.5) is 17.1 Å². The Balaban J connectivity index is 1.10. The minimum atomic E-state index is 0.620. The van der Waals surface area contributed by atoms with Crippen molar-refractivity contribution in [3.8, 4) is 0 Å². The van der Waals surface area contributed by atoms with E-state index in [0.717, 1.165) is 56.3 Å². The zero-order valence-corrected chi connectivity index (χ0v) is 24.5. The molecule has 0 unspecified atom stereocenters. The number of fused-ring (bicyclic) bond motifs is 7. The minimum Gasteiger partial charge on any atom is -0.349 e. The molecule has 8 heteroatoms. The molecule has 0 saturated heterocycles. The first-order valence-corrected chi connectivity index (χ1v) is 14.8. The Morgan fingerprint density at radius 1 is 0.846 bits per heavy atom. The molecule has 0 radical (unpaired) electrons. The molecule has 2 aliphatic heterocycles. The zero-order valence-electron chi connectivity index (χ0n) is 20.6. The number of aromatic nitrogens is 1. The lowest BCUT2D eigenvalue weighted by atomic mass is 10.0. The van der Waals surface area contributed by atoms with Crippen molar-refractivity contribution in [3.05, 3.63) is 115 Å². The van der Waals surface area contributed by atoms with E-state index in [2.05, 4.69) is 68.2 Å². The number of hydrogen-bond donors (Lipinski definition) is 0. The highest BCUT2D eigenvalue weighted by Crippen LogP contribution is 2.39. The second-order valence-electron chi connectivity index (χ2n) is 9.66. The number of hydrogen-bond acceptors (Lipinski definition) is 5. The van der Waals surface area contributed by atoms with E-state index in [4.69, 9.17) is 33.2 Å². The molecule has 2 bridgehead atoms. The van der Waals surface area contributed by atoms with Gasteiger partial charge in [-0.05, 0) is 89.0 Å². The first-order valence-electron chi connectivity index (χ1n) is 12.5. The summed E-state index contributed by atoms with van der Waals surface area (Å²) in [5, 5.41) is 2.16. The predicted octanol–water partition coefficient (Wildman–Crippen LogP) is 9.58. The normalized spacial score (nSPS) is 14.4. The minimum absolute atomic E-state index is 0.620. The highest BCUT2D eigenvalue weighted by Gasteiger charge is 2.29. The van der Waals surface area contributed by atoms with Gasteiger partial charge in [0.2, 0.25) is 0 Å². The van der Waals surface area contributed by atoms with Gasteiger partial charge in [0.15, 0.2) is 0 Å². The Labute approximate surface area is 249 Å². The van der Waals surface area contributed by atoms with Crippen molar-refractivity contribution in [2.45, 2.75) is 13.1 Å². The van der Waals surface area contributed by atoms with Crippen LogP contribution in [0.2, 0.25) is 10.0 Å². The number of halogens is 3. The van der Waals surface area contributed by atoms with E-state index in [1.54, 1.807) is 17.4 Å². The lowest BCUT2D eigenvalue weighted by Gasteiger charge is -2.44. The lowest BCUT2D eigenvalue weighted by molar-refractivity contribution is 0.650. The molecule has 39 heavy (non-hydrogen) atoms. The van der Waals surface area contributed by atoms with Gasteiger partial charge in [-0.2, -0.15) is 0 Å². The SMILES string of the molecule is Clc1ccc(/C=C/c2nc3ccc(/N=C/c4ccc5c(c4)CN4CN5Cc5cc(Br)ccc54)cc3s2)c(Cl)c1. The standard InChI is InChI=1S/C31H21BrCl2N4S/c32-23-4-9-29-22(12-23)17-38-18-37(29)16-21-11-19(1-8-28(21)38)15-35-25-6-7-27-30(14-25)39-31(36-27)10-3-20-2-5-24(33)13-26(20)34/h1-15H,16-18H2/b10-3+,35-15+. The molecule has 0 N–H and O–H groups in total. The quantitative estimate of drug-likeness (QED) is 0.185. The number of anilines is 2. The zero-order chi connectivity index (χ0) is 26.5. The summed E-state index contributed by atoms with van der Waals surface area (Å²) in [6.45, 7) is 2.74. The van der Waals surface area contributed by atoms with Gasteiger partial charge in [-0.25, -0.2) is 4.98 Å². The van der Waals surface area contributed by atoms with Crippen LogP contribution < -0.4 is 9.80 Å². The van der Waals surface area contributed by atoms with Gasteiger partial charge in [0.1, 0.15) is 5.01 Å². The van der Waals surface area contributed by atoms with Crippen molar-refractivity contribution in [1.82, 2.24) is 4.98 Å². The van der Waals surface area contributed by atoms with Crippen molar-refractivity contribution >= 4 is 96.1 Å². The molecule has 0 spiro atoms. The summed E-state index contributed by atoms with van der Waals surface area (Å²) in [5.74, 6) is 0. The van der Waals surface area contributed by atoms with E-state index in [0.29, 0.717) is 10.0 Å². The molecule has 2 aliphatic rings. The fourth-order valence-electron chi connectivity index (χ4n) is 5.18. The summed E-state index contributed by atoms with van der Waals surface area (Å²) >= 11 is 17.5. The molecule has 7 rings (SSSR count). The molecule has 1 aromatic heterocycles. The Bertz CT molecular complexity index is 1810. The molecule has 0 aliphatic carbocycles. The Morgan fingerprint density at radius 3 is 2.46 bits per heavy atom. The smallest absolute Gasteiger partial charge is 0.117 e. The van der Waals surface area contributed by atoms with E-state index in [1.807, 2.05) is 42.6 Å². The Morgan fingerprint density at radius 2 is 1.64 bits per heavy atom. The number of nitrogens with zero attached hydrogens (tertiary/aromatic N) is 4. The van der Waals surface area contributed by atoms with Crippen molar-refractivity contribution in [2.75, 3.05) is 16.5 Å². The average Bonchev–Trinajstić information content (AvgIpc) is 3.33. The molecular formula is C31H21BrCl2N4S. The molecule has 0 saturated carbocycles. The maximum Gasteiger partial charge on any atom is 0.117 e. The maximum atomic E-state index is 6.29. The average molecular weight is 632 g/mol. The van der Waals surface area contributed by atoms with Gasteiger partial charge in [0, 0.05) is 45.2 Å². The fourth-order valence-corrected chi connectivity index (χ4v) is 6.96. The third-order valence-electron chi connectivity index (χ3n) is 7.01. The van der Waals surface area contributed by atoms with Crippen molar-refractivity contribution < 1.29 is 0 Å². The third kappa shape index (κ3) is 4.98. The molecular weight excluding hydrogens is 611 g/mol. The van der Waals surface area contributed by atoms with E-state index in [-0.39, 0.29) is 0 Å². The summed E-state index contributed by atoms with van der Waals surface area (Å²) < 4.78 is 2.22. The van der Waals surface area contributed by atoms with Crippen molar-refractivity contribution in [3.63, 3.8) is 0 Å². The second kappa shape index (κ2) is 10.1. The van der Waals surface area contributed by atoms with Gasteiger partial charge in [0.05, 0.1) is 22.6 Å². The molecule has 4 aromatic carbocycles. The largest absolute Gasteiger partial charge is 0.349 e. The number of rotatable bonds is 4. The van der Waals surface area contributed by atoms with E-state index in [1.165, 1.54) is 22.5 Å². The molecule has 192 valence electrons. The summed E-state index contributed by atoms with van der Waals surface area (Å²) in [6.07, 6.45) is 5.89. The van der Waals surface area contributed by atoms with Gasteiger partial charge >= 0.3 is 0 Å². The highest BCUT2D eigenvalue weighted by atomic mass is 79.9. The number of thiazole rings is 1. The topological polar surface area (TPSA) is 31.7 Å².